The van der Waals surface area contributed by atoms with Gasteiger partial charge in [-0.3, -0.25) is 4.79 Å². The monoisotopic (exact) mass is 392 g/mol. The summed E-state index contributed by atoms with van der Waals surface area (Å²) in [5.74, 6) is 0.0149. The predicted molar refractivity (Wildman–Crippen MR) is 115 cm³/mol. The highest BCUT2D eigenvalue weighted by molar-refractivity contribution is 5.95. The number of hydrogen-bond acceptors (Lipinski definition) is 3. The molecule has 0 aliphatic heterocycles. The van der Waals surface area contributed by atoms with E-state index in [4.69, 9.17) is 5.26 Å². The summed E-state index contributed by atoms with van der Waals surface area (Å²) < 4.78 is 0. The maximum Gasteiger partial charge on any atom is 0.321 e. The van der Waals surface area contributed by atoms with Crippen molar-refractivity contribution >= 4 is 17.6 Å². The Morgan fingerprint density at radius 1 is 1.03 bits per heavy atom. The molecule has 0 saturated carbocycles. The van der Waals surface area contributed by atoms with Gasteiger partial charge in [-0.25, -0.2) is 4.79 Å². The first kappa shape index (κ1) is 22.0. The zero-order valence-electron chi connectivity index (χ0n) is 17.3. The molecule has 2 aromatic carbocycles. The first-order valence-corrected chi connectivity index (χ1v) is 9.89. The molecule has 0 fully saturated rings. The van der Waals surface area contributed by atoms with Crippen LogP contribution in [-0.2, 0) is 6.54 Å². The molecule has 6 heteroatoms. The summed E-state index contributed by atoms with van der Waals surface area (Å²) in [6.45, 7) is 5.98. The van der Waals surface area contributed by atoms with Crippen LogP contribution in [0.1, 0.15) is 48.2 Å². The molecule has 6 nitrogen and oxygen atoms in total. The Labute approximate surface area is 172 Å². The molecule has 0 aliphatic rings. The van der Waals surface area contributed by atoms with Crippen molar-refractivity contribution in [2.45, 2.75) is 33.2 Å². The molecule has 29 heavy (non-hydrogen) atoms. The van der Waals surface area contributed by atoms with Crippen LogP contribution in [0, 0.1) is 11.3 Å². The molecule has 0 aromatic heterocycles. The van der Waals surface area contributed by atoms with Crippen molar-refractivity contribution in [2.24, 2.45) is 0 Å². The van der Waals surface area contributed by atoms with Gasteiger partial charge in [0.2, 0.25) is 0 Å². The minimum Gasteiger partial charge on any atom is -0.339 e. The number of hydrogen-bond donors (Lipinski definition) is 1. The van der Waals surface area contributed by atoms with Gasteiger partial charge >= 0.3 is 6.03 Å². The molecule has 2 aromatic rings. The summed E-state index contributed by atoms with van der Waals surface area (Å²) in [4.78, 5) is 28.5. The van der Waals surface area contributed by atoms with Crippen molar-refractivity contribution < 1.29 is 9.59 Å². The van der Waals surface area contributed by atoms with Crippen LogP contribution in [0.4, 0.5) is 10.5 Å². The molecule has 0 radical (unpaired) electrons. The summed E-state index contributed by atoms with van der Waals surface area (Å²) in [6, 6.07) is 16.0. The summed E-state index contributed by atoms with van der Waals surface area (Å²) in [5, 5.41) is 11.8. The first-order valence-electron chi connectivity index (χ1n) is 9.89. The lowest BCUT2D eigenvalue weighted by atomic mass is 10.1. The molecule has 0 aliphatic carbocycles. The smallest absolute Gasteiger partial charge is 0.321 e. The molecule has 0 bridgehead atoms. The molecule has 1 N–H and O–H groups in total. The zero-order chi connectivity index (χ0) is 21.2. The van der Waals surface area contributed by atoms with Crippen LogP contribution in [0.2, 0.25) is 0 Å². The van der Waals surface area contributed by atoms with Crippen molar-refractivity contribution in [3.05, 3.63) is 65.2 Å². The van der Waals surface area contributed by atoms with Gasteiger partial charge in [-0.15, -0.1) is 0 Å². The Morgan fingerprint density at radius 3 is 2.28 bits per heavy atom. The average molecular weight is 393 g/mol. The topological polar surface area (TPSA) is 76.4 Å². The summed E-state index contributed by atoms with van der Waals surface area (Å²) in [7, 11) is 1.69. The number of anilines is 1. The summed E-state index contributed by atoms with van der Waals surface area (Å²) in [6.07, 6.45) is 1.84. The Bertz CT molecular complexity index is 865. The molecule has 0 spiro atoms. The summed E-state index contributed by atoms with van der Waals surface area (Å²) in [5.41, 5.74) is 2.69. The zero-order valence-corrected chi connectivity index (χ0v) is 17.3. The molecule has 0 saturated heterocycles. The predicted octanol–water partition coefficient (Wildman–Crippen LogP) is 4.48. The second kappa shape index (κ2) is 10.9. The van der Waals surface area contributed by atoms with Crippen LogP contribution in [0.15, 0.2) is 48.5 Å². The van der Waals surface area contributed by atoms with Gasteiger partial charge in [0.1, 0.15) is 0 Å². The number of nitrogens with zero attached hydrogens (tertiary/aromatic N) is 3. The molecule has 0 unspecified atom stereocenters. The van der Waals surface area contributed by atoms with Crippen molar-refractivity contribution in [3.63, 3.8) is 0 Å². The van der Waals surface area contributed by atoms with E-state index in [1.807, 2.05) is 11.0 Å². The standard InChI is InChI=1S/C23H28N4O2/c1-4-13-27(14-5-2)22(28)20-9-11-21(12-10-20)25-23(29)26(3)17-19-8-6-7-18(15-19)16-24/h6-12,15H,4-5,13-14,17H2,1-3H3,(H,25,29). The van der Waals surface area contributed by atoms with Crippen molar-refractivity contribution in [1.82, 2.24) is 9.80 Å². The van der Waals surface area contributed by atoms with E-state index in [1.165, 1.54) is 0 Å². The maximum absolute atomic E-state index is 12.6. The number of carbonyl (C=O) groups is 2. The molecule has 3 amide bonds. The molecular formula is C23H28N4O2. The van der Waals surface area contributed by atoms with E-state index in [9.17, 15) is 9.59 Å². The minimum absolute atomic E-state index is 0.0149. The Morgan fingerprint density at radius 2 is 1.69 bits per heavy atom. The lowest BCUT2D eigenvalue weighted by Crippen LogP contribution is -2.32. The lowest BCUT2D eigenvalue weighted by Gasteiger charge is -2.22. The highest BCUT2D eigenvalue weighted by Crippen LogP contribution is 2.14. The van der Waals surface area contributed by atoms with Gasteiger partial charge in [-0.05, 0) is 54.8 Å². The van der Waals surface area contributed by atoms with Gasteiger partial charge in [-0.2, -0.15) is 5.26 Å². The Balaban J connectivity index is 1.98. The van der Waals surface area contributed by atoms with Crippen molar-refractivity contribution in [2.75, 3.05) is 25.5 Å². The third-order valence-corrected chi connectivity index (χ3v) is 4.48. The number of carbonyl (C=O) groups excluding carboxylic acids is 2. The van der Waals surface area contributed by atoms with E-state index >= 15 is 0 Å². The Kier molecular flexibility index (Phi) is 8.23. The van der Waals surface area contributed by atoms with Crippen LogP contribution in [0.5, 0.6) is 0 Å². The fourth-order valence-electron chi connectivity index (χ4n) is 3.04. The number of benzene rings is 2. The third-order valence-electron chi connectivity index (χ3n) is 4.48. The number of urea groups is 1. The third kappa shape index (κ3) is 6.35. The van der Waals surface area contributed by atoms with E-state index in [0.717, 1.165) is 31.5 Å². The van der Waals surface area contributed by atoms with Crippen LogP contribution < -0.4 is 5.32 Å². The number of nitriles is 1. The van der Waals surface area contributed by atoms with Crippen LogP contribution >= 0.6 is 0 Å². The van der Waals surface area contributed by atoms with Gasteiger partial charge < -0.3 is 15.1 Å². The van der Waals surface area contributed by atoms with Gasteiger partial charge in [-0.1, -0.05) is 26.0 Å². The maximum atomic E-state index is 12.6. The van der Waals surface area contributed by atoms with Crippen molar-refractivity contribution in [1.29, 1.82) is 5.26 Å². The average Bonchev–Trinajstić information content (AvgIpc) is 2.73. The quantitative estimate of drug-likeness (QED) is 0.719. The van der Waals surface area contributed by atoms with Crippen molar-refractivity contribution in [3.8, 4) is 6.07 Å². The highest BCUT2D eigenvalue weighted by Gasteiger charge is 2.15. The second-order valence-corrected chi connectivity index (χ2v) is 6.97. The number of rotatable bonds is 8. The molecule has 0 atom stereocenters. The summed E-state index contributed by atoms with van der Waals surface area (Å²) >= 11 is 0. The molecule has 0 heterocycles. The van der Waals surface area contributed by atoms with Gasteiger partial charge in [0, 0.05) is 37.9 Å². The fourth-order valence-corrected chi connectivity index (χ4v) is 3.04. The second-order valence-electron chi connectivity index (χ2n) is 6.97. The molecular weight excluding hydrogens is 364 g/mol. The van der Waals surface area contributed by atoms with Gasteiger partial charge in [0.15, 0.2) is 0 Å². The van der Waals surface area contributed by atoms with E-state index in [2.05, 4.69) is 25.2 Å². The van der Waals surface area contributed by atoms with Crippen LogP contribution in [-0.4, -0.2) is 41.9 Å². The van der Waals surface area contributed by atoms with E-state index < -0.39 is 0 Å². The largest absolute Gasteiger partial charge is 0.339 e. The SMILES string of the molecule is CCCN(CCC)C(=O)c1ccc(NC(=O)N(C)Cc2cccc(C#N)c2)cc1. The normalized spacial score (nSPS) is 10.1. The number of amides is 3. The van der Waals surface area contributed by atoms with E-state index in [1.54, 1.807) is 54.4 Å². The Hall–Kier alpha value is -3.33. The van der Waals surface area contributed by atoms with Gasteiger partial charge in [0.25, 0.3) is 5.91 Å². The molecule has 2 rings (SSSR count). The van der Waals surface area contributed by atoms with Crippen LogP contribution in [0.3, 0.4) is 0 Å². The van der Waals surface area contributed by atoms with E-state index in [0.29, 0.717) is 23.4 Å². The minimum atomic E-state index is -0.259. The fraction of sp³-hybridized carbons (Fsp3) is 0.348. The number of nitrogens with one attached hydrogen (secondary N) is 1. The molecule has 152 valence electrons. The van der Waals surface area contributed by atoms with E-state index in [-0.39, 0.29) is 11.9 Å². The first-order chi connectivity index (χ1) is 14.0. The van der Waals surface area contributed by atoms with Gasteiger partial charge in [0.05, 0.1) is 11.6 Å². The lowest BCUT2D eigenvalue weighted by molar-refractivity contribution is 0.0755. The van der Waals surface area contributed by atoms with Crippen LogP contribution in [0.25, 0.3) is 0 Å². The highest BCUT2D eigenvalue weighted by atomic mass is 16.2.